The van der Waals surface area contributed by atoms with Crippen LogP contribution >= 0.6 is 0 Å². The summed E-state index contributed by atoms with van der Waals surface area (Å²) in [7, 11) is 0. The summed E-state index contributed by atoms with van der Waals surface area (Å²) >= 11 is 0. The first-order chi connectivity index (χ1) is 9.33. The zero-order valence-electron chi connectivity index (χ0n) is 12.7. The van der Waals surface area contributed by atoms with Gasteiger partial charge in [0.15, 0.2) is 11.6 Å². The average Bonchev–Trinajstić information content (AvgIpc) is 2.36. The quantitative estimate of drug-likeness (QED) is 0.929. The largest absolute Gasteiger partial charge is 0.306 e. The van der Waals surface area contributed by atoms with E-state index < -0.39 is 0 Å². The van der Waals surface area contributed by atoms with Gasteiger partial charge < -0.3 is 5.32 Å². The van der Waals surface area contributed by atoms with E-state index in [1.54, 1.807) is 12.4 Å². The van der Waals surface area contributed by atoms with Crippen molar-refractivity contribution >= 4 is 0 Å². The minimum absolute atomic E-state index is 0.0549. The van der Waals surface area contributed by atoms with E-state index in [4.69, 9.17) is 0 Å². The van der Waals surface area contributed by atoms with E-state index in [1.807, 2.05) is 19.9 Å². The second kappa shape index (κ2) is 5.63. The Hall–Kier alpha value is -1.88. The average molecular weight is 271 g/mol. The van der Waals surface area contributed by atoms with Crippen LogP contribution in [0.15, 0.2) is 18.5 Å². The molecular weight excluding hydrogens is 250 g/mol. The second-order valence-corrected chi connectivity index (χ2v) is 6.01. The third-order valence-electron chi connectivity index (χ3n) is 2.69. The molecule has 0 spiro atoms. The topological polar surface area (TPSA) is 63.6 Å². The molecule has 0 aliphatic rings. The zero-order valence-corrected chi connectivity index (χ0v) is 12.7. The molecule has 2 rings (SSSR count). The molecule has 1 N–H and O–H groups in total. The second-order valence-electron chi connectivity index (χ2n) is 6.01. The number of hydrogen-bond acceptors (Lipinski definition) is 5. The number of hydrogen-bond donors (Lipinski definition) is 1. The van der Waals surface area contributed by atoms with E-state index in [2.05, 4.69) is 46.0 Å². The van der Waals surface area contributed by atoms with Crippen LogP contribution in [0.3, 0.4) is 0 Å². The number of nitrogens with one attached hydrogen (secondary N) is 1. The summed E-state index contributed by atoms with van der Waals surface area (Å²) in [5.41, 5.74) is 2.95. The molecule has 0 radical (unpaired) electrons. The molecule has 0 aliphatic carbocycles. The SMILES string of the molecule is Cc1cnc(-c2nc(C)cc(CNC(C)(C)C)n2)nc1. The van der Waals surface area contributed by atoms with E-state index in [-0.39, 0.29) is 5.54 Å². The van der Waals surface area contributed by atoms with Gasteiger partial charge in [-0.15, -0.1) is 0 Å². The maximum atomic E-state index is 4.54. The van der Waals surface area contributed by atoms with Gasteiger partial charge in [0, 0.05) is 30.2 Å². The third-order valence-corrected chi connectivity index (χ3v) is 2.69. The Labute approximate surface area is 119 Å². The minimum Gasteiger partial charge on any atom is -0.306 e. The maximum Gasteiger partial charge on any atom is 0.198 e. The Morgan fingerprint density at radius 3 is 2.25 bits per heavy atom. The first-order valence-electron chi connectivity index (χ1n) is 6.72. The van der Waals surface area contributed by atoms with Gasteiger partial charge in [-0.1, -0.05) is 0 Å². The van der Waals surface area contributed by atoms with Crippen LogP contribution in [0.1, 0.15) is 37.7 Å². The molecule has 0 fully saturated rings. The van der Waals surface area contributed by atoms with Gasteiger partial charge in [0.1, 0.15) is 0 Å². The highest BCUT2D eigenvalue weighted by Gasteiger charge is 2.11. The van der Waals surface area contributed by atoms with Crippen LogP contribution in [-0.2, 0) is 6.54 Å². The van der Waals surface area contributed by atoms with Gasteiger partial charge in [0.2, 0.25) is 0 Å². The predicted octanol–water partition coefficient (Wildman–Crippen LogP) is 2.44. The molecule has 5 nitrogen and oxygen atoms in total. The van der Waals surface area contributed by atoms with Gasteiger partial charge in [-0.05, 0) is 46.2 Å². The van der Waals surface area contributed by atoms with Crippen LogP contribution in [0, 0.1) is 13.8 Å². The van der Waals surface area contributed by atoms with Crippen molar-refractivity contribution in [2.45, 2.75) is 46.7 Å². The van der Waals surface area contributed by atoms with Crippen molar-refractivity contribution in [2.75, 3.05) is 0 Å². The molecule has 2 heterocycles. The fourth-order valence-electron chi connectivity index (χ4n) is 1.69. The van der Waals surface area contributed by atoms with Gasteiger partial charge >= 0.3 is 0 Å². The number of nitrogens with zero attached hydrogens (tertiary/aromatic N) is 4. The maximum absolute atomic E-state index is 4.54. The zero-order chi connectivity index (χ0) is 14.8. The van der Waals surface area contributed by atoms with Crippen molar-refractivity contribution in [2.24, 2.45) is 0 Å². The fraction of sp³-hybridized carbons (Fsp3) is 0.467. The summed E-state index contributed by atoms with van der Waals surface area (Å²) in [4.78, 5) is 17.5. The lowest BCUT2D eigenvalue weighted by Gasteiger charge is -2.20. The molecule has 106 valence electrons. The van der Waals surface area contributed by atoms with Crippen LogP contribution in [0.5, 0.6) is 0 Å². The van der Waals surface area contributed by atoms with Crippen LogP contribution in [0.25, 0.3) is 11.6 Å². The van der Waals surface area contributed by atoms with E-state index in [0.29, 0.717) is 18.2 Å². The lowest BCUT2D eigenvalue weighted by atomic mass is 10.1. The summed E-state index contributed by atoms with van der Waals surface area (Å²) in [6.45, 7) is 11.0. The van der Waals surface area contributed by atoms with Gasteiger partial charge in [0.05, 0.1) is 5.69 Å². The summed E-state index contributed by atoms with van der Waals surface area (Å²) in [5.74, 6) is 1.15. The van der Waals surface area contributed by atoms with E-state index in [1.165, 1.54) is 0 Å². The Balaban J connectivity index is 2.26. The summed E-state index contributed by atoms with van der Waals surface area (Å²) in [6, 6.07) is 1.98. The third kappa shape index (κ3) is 4.06. The number of rotatable bonds is 3. The van der Waals surface area contributed by atoms with Gasteiger partial charge in [-0.3, -0.25) is 0 Å². The van der Waals surface area contributed by atoms with Gasteiger partial charge in [0.25, 0.3) is 0 Å². The molecule has 2 aromatic heterocycles. The Kier molecular flexibility index (Phi) is 4.09. The van der Waals surface area contributed by atoms with Gasteiger partial charge in [-0.2, -0.15) is 0 Å². The summed E-state index contributed by atoms with van der Waals surface area (Å²) < 4.78 is 0. The molecule has 0 saturated heterocycles. The summed E-state index contributed by atoms with van der Waals surface area (Å²) in [6.07, 6.45) is 3.56. The van der Waals surface area contributed by atoms with Crippen molar-refractivity contribution < 1.29 is 0 Å². The van der Waals surface area contributed by atoms with Gasteiger partial charge in [-0.25, -0.2) is 19.9 Å². The summed E-state index contributed by atoms with van der Waals surface area (Å²) in [5, 5.41) is 3.42. The highest BCUT2D eigenvalue weighted by molar-refractivity contribution is 5.43. The van der Waals surface area contributed by atoms with Crippen molar-refractivity contribution in [3.05, 3.63) is 35.4 Å². The van der Waals surface area contributed by atoms with E-state index >= 15 is 0 Å². The highest BCUT2D eigenvalue weighted by atomic mass is 15.0. The Morgan fingerprint density at radius 2 is 1.65 bits per heavy atom. The van der Waals surface area contributed by atoms with Crippen LogP contribution in [0.4, 0.5) is 0 Å². The number of aromatic nitrogens is 4. The van der Waals surface area contributed by atoms with Crippen molar-refractivity contribution in [1.82, 2.24) is 25.3 Å². The lowest BCUT2D eigenvalue weighted by Crippen LogP contribution is -2.35. The van der Waals surface area contributed by atoms with Crippen molar-refractivity contribution in [3.63, 3.8) is 0 Å². The van der Waals surface area contributed by atoms with E-state index in [0.717, 1.165) is 17.0 Å². The monoisotopic (exact) mass is 271 g/mol. The van der Waals surface area contributed by atoms with Crippen molar-refractivity contribution in [3.8, 4) is 11.6 Å². The van der Waals surface area contributed by atoms with Crippen molar-refractivity contribution in [1.29, 1.82) is 0 Å². The molecule has 0 atom stereocenters. The molecule has 0 bridgehead atoms. The highest BCUT2D eigenvalue weighted by Crippen LogP contribution is 2.12. The molecule has 5 heteroatoms. The molecule has 20 heavy (non-hydrogen) atoms. The standard InChI is InChI=1S/C15H21N5/c1-10-7-16-13(17-8-10)14-19-11(2)6-12(20-14)9-18-15(3,4)5/h6-8,18H,9H2,1-5H3. The molecule has 2 aromatic rings. The Morgan fingerprint density at radius 1 is 1.00 bits per heavy atom. The number of aryl methyl sites for hydroxylation is 2. The van der Waals surface area contributed by atoms with E-state index in [9.17, 15) is 0 Å². The predicted molar refractivity (Wildman–Crippen MR) is 79.1 cm³/mol. The molecule has 0 amide bonds. The first-order valence-corrected chi connectivity index (χ1v) is 6.72. The van der Waals surface area contributed by atoms with Crippen LogP contribution < -0.4 is 5.32 Å². The molecule has 0 saturated carbocycles. The Bertz CT molecular complexity index is 584. The smallest absolute Gasteiger partial charge is 0.198 e. The van der Waals surface area contributed by atoms with Crippen LogP contribution in [0.2, 0.25) is 0 Å². The first kappa shape index (κ1) is 14.5. The normalized spacial score (nSPS) is 11.7. The molecule has 0 aromatic carbocycles. The molecular formula is C15H21N5. The molecule has 0 unspecified atom stereocenters. The minimum atomic E-state index is 0.0549. The lowest BCUT2D eigenvalue weighted by molar-refractivity contribution is 0.421. The fourth-order valence-corrected chi connectivity index (χ4v) is 1.69. The van der Waals surface area contributed by atoms with Crippen LogP contribution in [-0.4, -0.2) is 25.5 Å². The molecule has 0 aliphatic heterocycles.